The van der Waals surface area contributed by atoms with Crippen molar-refractivity contribution in [3.05, 3.63) is 0 Å². The number of aliphatic carboxylic acids is 1. The summed E-state index contributed by atoms with van der Waals surface area (Å²) in [6, 6.07) is 0. The van der Waals surface area contributed by atoms with Crippen LogP contribution in [0.2, 0.25) is 0 Å². The molecule has 0 aromatic rings. The lowest BCUT2D eigenvalue weighted by molar-refractivity contribution is -0.261. The quantitative estimate of drug-likeness (QED) is 0.693. The van der Waals surface area contributed by atoms with Crippen LogP contribution < -0.4 is 0 Å². The molecule has 3 aliphatic rings. The van der Waals surface area contributed by atoms with E-state index in [9.17, 15) is 9.90 Å². The Labute approximate surface area is 83.4 Å². The number of carboxylic acid groups (broad SMARTS) is 1. The van der Waals surface area contributed by atoms with Crippen LogP contribution in [-0.2, 0) is 9.53 Å². The first-order chi connectivity index (χ1) is 6.76. The Hall–Kier alpha value is -0.570. The van der Waals surface area contributed by atoms with Crippen molar-refractivity contribution in [2.75, 3.05) is 6.61 Å². The number of carboxylic acids is 1. The summed E-state index contributed by atoms with van der Waals surface area (Å²) in [4.78, 5) is 11.2. The molecule has 0 radical (unpaired) electrons. The van der Waals surface area contributed by atoms with Crippen LogP contribution in [0.1, 0.15) is 32.1 Å². The van der Waals surface area contributed by atoms with Crippen molar-refractivity contribution in [1.82, 2.24) is 0 Å². The van der Waals surface area contributed by atoms with E-state index in [-0.39, 0.29) is 17.4 Å². The first-order valence-electron chi connectivity index (χ1n) is 5.60. The third-order valence-corrected chi connectivity index (χ3v) is 4.53. The predicted octanol–water partition coefficient (Wildman–Crippen LogP) is 1.67. The highest BCUT2D eigenvalue weighted by Gasteiger charge is 2.68. The Kier molecular flexibility index (Phi) is 1.69. The molecule has 14 heavy (non-hydrogen) atoms. The molecule has 78 valence electrons. The van der Waals surface area contributed by atoms with E-state index in [1.54, 1.807) is 0 Å². The van der Waals surface area contributed by atoms with Gasteiger partial charge >= 0.3 is 5.97 Å². The standard InChI is InChI=1S/C11H16O3/c12-10(13)8-7-3-1-6-14-9(7)11(8)4-2-5-11/h7-9H,1-6H2,(H,12,13). The van der Waals surface area contributed by atoms with Gasteiger partial charge in [-0.2, -0.15) is 0 Å². The van der Waals surface area contributed by atoms with Crippen LogP contribution in [-0.4, -0.2) is 23.8 Å². The van der Waals surface area contributed by atoms with Crippen LogP contribution in [0, 0.1) is 17.3 Å². The molecule has 2 saturated carbocycles. The number of fused-ring (bicyclic) bond motifs is 2. The minimum atomic E-state index is -0.587. The second-order valence-corrected chi connectivity index (χ2v) is 5.00. The number of ether oxygens (including phenoxy) is 1. The lowest BCUT2D eigenvalue weighted by Crippen LogP contribution is -2.68. The van der Waals surface area contributed by atoms with E-state index in [0.29, 0.717) is 5.92 Å². The summed E-state index contributed by atoms with van der Waals surface area (Å²) in [6.45, 7) is 0.843. The molecule has 2 aliphatic carbocycles. The molecule has 3 fully saturated rings. The minimum absolute atomic E-state index is 0.0525. The van der Waals surface area contributed by atoms with Crippen LogP contribution in [0.3, 0.4) is 0 Å². The van der Waals surface area contributed by atoms with E-state index in [0.717, 1.165) is 32.3 Å². The SMILES string of the molecule is O=C(O)C1C2CCCOC2C12CCC2. The van der Waals surface area contributed by atoms with Gasteiger partial charge in [0.15, 0.2) is 0 Å². The summed E-state index contributed by atoms with van der Waals surface area (Å²) in [5.41, 5.74) is 0.0525. The van der Waals surface area contributed by atoms with Gasteiger partial charge in [-0.05, 0) is 31.6 Å². The zero-order chi connectivity index (χ0) is 9.76. The van der Waals surface area contributed by atoms with Gasteiger partial charge in [-0.15, -0.1) is 0 Å². The molecular weight excluding hydrogens is 180 g/mol. The van der Waals surface area contributed by atoms with Gasteiger partial charge in [-0.1, -0.05) is 6.42 Å². The number of hydrogen-bond acceptors (Lipinski definition) is 2. The highest BCUT2D eigenvalue weighted by Crippen LogP contribution is 2.65. The Morgan fingerprint density at radius 1 is 1.36 bits per heavy atom. The predicted molar refractivity (Wildman–Crippen MR) is 49.9 cm³/mol. The molecule has 1 N–H and O–H groups in total. The summed E-state index contributed by atoms with van der Waals surface area (Å²) in [7, 11) is 0. The first kappa shape index (κ1) is 8.72. The topological polar surface area (TPSA) is 46.5 Å². The number of rotatable bonds is 1. The largest absolute Gasteiger partial charge is 0.481 e. The Morgan fingerprint density at radius 3 is 2.71 bits per heavy atom. The van der Waals surface area contributed by atoms with Crippen LogP contribution in [0.25, 0.3) is 0 Å². The second kappa shape index (κ2) is 2.72. The molecule has 0 aromatic carbocycles. The normalized spacial score (nSPS) is 43.6. The van der Waals surface area contributed by atoms with E-state index < -0.39 is 5.97 Å². The van der Waals surface area contributed by atoms with Crippen molar-refractivity contribution in [3.63, 3.8) is 0 Å². The van der Waals surface area contributed by atoms with Gasteiger partial charge in [0.1, 0.15) is 0 Å². The Bertz CT molecular complexity index is 270. The van der Waals surface area contributed by atoms with Crippen molar-refractivity contribution in [1.29, 1.82) is 0 Å². The van der Waals surface area contributed by atoms with Crippen LogP contribution in [0.15, 0.2) is 0 Å². The Morgan fingerprint density at radius 2 is 2.14 bits per heavy atom. The minimum Gasteiger partial charge on any atom is -0.481 e. The molecule has 1 saturated heterocycles. The molecule has 1 heterocycles. The fraction of sp³-hybridized carbons (Fsp3) is 0.909. The lowest BCUT2D eigenvalue weighted by atomic mass is 9.42. The highest BCUT2D eigenvalue weighted by molar-refractivity contribution is 5.74. The van der Waals surface area contributed by atoms with E-state index in [1.807, 2.05) is 0 Å². The zero-order valence-corrected chi connectivity index (χ0v) is 8.24. The average molecular weight is 196 g/mol. The van der Waals surface area contributed by atoms with Crippen LogP contribution in [0.5, 0.6) is 0 Å². The first-order valence-corrected chi connectivity index (χ1v) is 5.60. The van der Waals surface area contributed by atoms with E-state index in [4.69, 9.17) is 4.74 Å². The summed E-state index contributed by atoms with van der Waals surface area (Å²) < 4.78 is 5.75. The maximum absolute atomic E-state index is 11.2. The molecule has 0 aromatic heterocycles. The molecular formula is C11H16O3. The Balaban J connectivity index is 1.85. The fourth-order valence-electron chi connectivity index (χ4n) is 3.83. The van der Waals surface area contributed by atoms with Crippen molar-refractivity contribution >= 4 is 5.97 Å². The maximum atomic E-state index is 11.2. The fourth-order valence-corrected chi connectivity index (χ4v) is 3.83. The number of hydrogen-bond donors (Lipinski definition) is 1. The maximum Gasteiger partial charge on any atom is 0.307 e. The van der Waals surface area contributed by atoms with Crippen LogP contribution >= 0.6 is 0 Å². The summed E-state index contributed by atoms with van der Waals surface area (Å²) in [5.74, 6) is -0.362. The van der Waals surface area contributed by atoms with Gasteiger partial charge in [-0.25, -0.2) is 0 Å². The van der Waals surface area contributed by atoms with E-state index in [2.05, 4.69) is 0 Å². The van der Waals surface area contributed by atoms with Gasteiger partial charge in [0.25, 0.3) is 0 Å². The lowest BCUT2D eigenvalue weighted by Gasteiger charge is -2.65. The van der Waals surface area contributed by atoms with Gasteiger partial charge < -0.3 is 9.84 Å². The zero-order valence-electron chi connectivity index (χ0n) is 8.24. The molecule has 3 nitrogen and oxygen atoms in total. The second-order valence-electron chi connectivity index (χ2n) is 5.00. The third-order valence-electron chi connectivity index (χ3n) is 4.53. The third kappa shape index (κ3) is 0.842. The van der Waals surface area contributed by atoms with Gasteiger partial charge in [0.05, 0.1) is 12.0 Å². The molecule has 3 atom stereocenters. The number of carbonyl (C=O) groups is 1. The summed E-state index contributed by atoms with van der Waals surface area (Å²) >= 11 is 0. The molecule has 3 heteroatoms. The van der Waals surface area contributed by atoms with Crippen molar-refractivity contribution in [2.24, 2.45) is 17.3 Å². The average Bonchev–Trinajstić information content (AvgIpc) is 2.03. The van der Waals surface area contributed by atoms with Crippen molar-refractivity contribution in [2.45, 2.75) is 38.2 Å². The summed E-state index contributed by atoms with van der Waals surface area (Å²) in [6.07, 6.45) is 5.72. The molecule has 1 spiro atoms. The van der Waals surface area contributed by atoms with Crippen molar-refractivity contribution < 1.29 is 14.6 Å². The van der Waals surface area contributed by atoms with E-state index >= 15 is 0 Å². The van der Waals surface area contributed by atoms with Gasteiger partial charge in [0, 0.05) is 12.0 Å². The summed E-state index contributed by atoms with van der Waals surface area (Å²) in [5, 5.41) is 9.22. The molecule has 1 aliphatic heterocycles. The molecule has 3 unspecified atom stereocenters. The monoisotopic (exact) mass is 196 g/mol. The smallest absolute Gasteiger partial charge is 0.307 e. The van der Waals surface area contributed by atoms with E-state index in [1.165, 1.54) is 6.42 Å². The molecule has 3 rings (SSSR count). The van der Waals surface area contributed by atoms with Crippen molar-refractivity contribution in [3.8, 4) is 0 Å². The molecule has 0 bridgehead atoms. The highest BCUT2D eigenvalue weighted by atomic mass is 16.5. The van der Waals surface area contributed by atoms with Crippen LogP contribution in [0.4, 0.5) is 0 Å². The molecule has 0 amide bonds. The van der Waals surface area contributed by atoms with Gasteiger partial charge in [-0.3, -0.25) is 4.79 Å². The van der Waals surface area contributed by atoms with Gasteiger partial charge in [0.2, 0.25) is 0 Å².